The number of ether oxygens (including phenoxy) is 1. The molecule has 0 amide bonds. The molecule has 0 aliphatic rings. The molecule has 2 aromatic rings. The van der Waals surface area contributed by atoms with Gasteiger partial charge in [-0.05, 0) is 51.1 Å². The fraction of sp³-hybridized carbons (Fsp3) is 0.286. The van der Waals surface area contributed by atoms with Crippen molar-refractivity contribution in [1.29, 1.82) is 0 Å². The van der Waals surface area contributed by atoms with Gasteiger partial charge in [0, 0.05) is 9.85 Å². The molecule has 0 saturated heterocycles. The van der Waals surface area contributed by atoms with Crippen LogP contribution in [0.1, 0.15) is 24.1 Å². The van der Waals surface area contributed by atoms with Crippen molar-refractivity contribution in [3.05, 3.63) is 50.6 Å². The van der Waals surface area contributed by atoms with Gasteiger partial charge in [-0.15, -0.1) is 0 Å². The van der Waals surface area contributed by atoms with Crippen molar-refractivity contribution in [3.8, 4) is 5.75 Å². The maximum atomic E-state index is 12.3. The third-order valence-electron chi connectivity index (χ3n) is 2.78. The summed E-state index contributed by atoms with van der Waals surface area (Å²) in [4.78, 5) is 0. The number of hydrogen-bond donors (Lipinski definition) is 1. The van der Waals surface area contributed by atoms with Gasteiger partial charge in [-0.2, -0.15) is 20.1 Å². The van der Waals surface area contributed by atoms with Crippen LogP contribution < -0.4 is 10.1 Å². The molecular weight excluding hydrogens is 348 g/mol. The van der Waals surface area contributed by atoms with Crippen LogP contribution in [0.15, 0.2) is 39.5 Å². The average Bonchev–Trinajstić information content (AvgIpc) is 2.81. The molecule has 0 spiro atoms. The minimum absolute atomic E-state index is 0.0538. The Hall–Kier alpha value is -0.980. The van der Waals surface area contributed by atoms with Crippen molar-refractivity contribution in [2.75, 3.05) is 6.54 Å². The van der Waals surface area contributed by atoms with E-state index in [-0.39, 0.29) is 11.8 Å². The van der Waals surface area contributed by atoms with Crippen molar-refractivity contribution in [1.82, 2.24) is 5.32 Å². The van der Waals surface area contributed by atoms with Crippen LogP contribution in [0, 0.1) is 0 Å². The molecule has 1 N–H and O–H groups in total. The number of thiophene rings is 1. The maximum Gasteiger partial charge on any atom is 0.387 e. The molecule has 0 fully saturated rings. The van der Waals surface area contributed by atoms with Crippen LogP contribution in [-0.4, -0.2) is 13.2 Å². The summed E-state index contributed by atoms with van der Waals surface area (Å²) >= 11 is 5.10. The molecule has 20 heavy (non-hydrogen) atoms. The van der Waals surface area contributed by atoms with Crippen molar-refractivity contribution in [2.45, 2.75) is 19.6 Å². The maximum absolute atomic E-state index is 12.3. The van der Waals surface area contributed by atoms with Crippen molar-refractivity contribution >= 4 is 27.3 Å². The van der Waals surface area contributed by atoms with Crippen LogP contribution in [0.25, 0.3) is 0 Å². The average molecular weight is 362 g/mol. The van der Waals surface area contributed by atoms with Gasteiger partial charge in [-0.3, -0.25) is 0 Å². The van der Waals surface area contributed by atoms with E-state index < -0.39 is 6.61 Å². The number of alkyl halides is 2. The lowest BCUT2D eigenvalue weighted by molar-refractivity contribution is -0.0498. The Bertz CT molecular complexity index is 562. The minimum atomic E-state index is -2.81. The van der Waals surface area contributed by atoms with Gasteiger partial charge in [0.1, 0.15) is 5.75 Å². The van der Waals surface area contributed by atoms with Gasteiger partial charge >= 0.3 is 6.61 Å². The first-order valence-electron chi connectivity index (χ1n) is 6.11. The molecule has 0 aliphatic carbocycles. The molecule has 0 bridgehead atoms. The van der Waals surface area contributed by atoms with Gasteiger partial charge in [0.15, 0.2) is 0 Å². The smallest absolute Gasteiger partial charge is 0.387 e. The summed E-state index contributed by atoms with van der Waals surface area (Å²) in [5.41, 5.74) is 1.98. The molecule has 2 nitrogen and oxygen atoms in total. The third kappa shape index (κ3) is 3.77. The number of nitrogens with one attached hydrogen (secondary N) is 1. The Morgan fingerprint density at radius 1 is 1.35 bits per heavy atom. The van der Waals surface area contributed by atoms with Crippen LogP contribution in [-0.2, 0) is 0 Å². The Kier molecular flexibility index (Phi) is 5.51. The lowest BCUT2D eigenvalue weighted by Crippen LogP contribution is -2.21. The molecule has 2 rings (SSSR count). The highest BCUT2D eigenvalue weighted by molar-refractivity contribution is 9.10. The molecule has 1 heterocycles. The van der Waals surface area contributed by atoms with E-state index in [2.05, 4.69) is 26.0 Å². The highest BCUT2D eigenvalue weighted by Crippen LogP contribution is 2.33. The molecule has 1 atom stereocenters. The Morgan fingerprint density at radius 2 is 2.15 bits per heavy atom. The number of hydrogen-bond acceptors (Lipinski definition) is 3. The summed E-state index contributed by atoms with van der Waals surface area (Å²) in [6, 6.07) is 6.74. The molecule has 108 valence electrons. The van der Waals surface area contributed by atoms with E-state index in [1.165, 1.54) is 6.07 Å². The second-order valence-corrected chi connectivity index (χ2v) is 5.71. The summed E-state index contributed by atoms with van der Waals surface area (Å²) in [6.07, 6.45) is 0. The van der Waals surface area contributed by atoms with Crippen LogP contribution in [0.4, 0.5) is 8.78 Å². The van der Waals surface area contributed by atoms with Crippen LogP contribution >= 0.6 is 27.3 Å². The molecule has 0 saturated carbocycles. The van der Waals surface area contributed by atoms with Crippen LogP contribution in [0.3, 0.4) is 0 Å². The summed E-state index contributed by atoms with van der Waals surface area (Å²) in [6.45, 7) is -0.0321. The van der Waals surface area contributed by atoms with Crippen molar-refractivity contribution < 1.29 is 13.5 Å². The highest BCUT2D eigenvalue weighted by atomic mass is 79.9. The Balaban J connectivity index is 2.32. The fourth-order valence-corrected chi connectivity index (χ4v) is 3.53. The quantitative estimate of drug-likeness (QED) is 0.796. The van der Waals surface area contributed by atoms with E-state index in [0.29, 0.717) is 0 Å². The molecule has 1 unspecified atom stereocenters. The van der Waals surface area contributed by atoms with E-state index in [1.54, 1.807) is 23.5 Å². The predicted octanol–water partition coefficient (Wildman–Crippen LogP) is 4.81. The highest BCUT2D eigenvalue weighted by Gasteiger charge is 2.17. The summed E-state index contributed by atoms with van der Waals surface area (Å²) in [5.74, 6) is 0.173. The molecule has 1 aromatic carbocycles. The summed E-state index contributed by atoms with van der Waals surface area (Å²) < 4.78 is 30.1. The Morgan fingerprint density at radius 3 is 2.75 bits per heavy atom. The van der Waals surface area contributed by atoms with Gasteiger partial charge in [-0.1, -0.05) is 19.1 Å². The Labute approximate surface area is 128 Å². The van der Waals surface area contributed by atoms with Gasteiger partial charge in [0.05, 0.1) is 6.04 Å². The lowest BCUT2D eigenvalue weighted by Gasteiger charge is -2.19. The van der Waals surface area contributed by atoms with Gasteiger partial charge in [0.25, 0.3) is 0 Å². The van der Waals surface area contributed by atoms with Gasteiger partial charge < -0.3 is 10.1 Å². The number of benzene rings is 1. The predicted molar refractivity (Wildman–Crippen MR) is 80.6 cm³/mol. The zero-order chi connectivity index (χ0) is 14.5. The summed E-state index contributed by atoms with van der Waals surface area (Å²) in [7, 11) is 0. The van der Waals surface area contributed by atoms with E-state index in [1.807, 2.05) is 23.8 Å². The minimum Gasteiger partial charge on any atom is -0.435 e. The van der Waals surface area contributed by atoms with Crippen molar-refractivity contribution in [2.24, 2.45) is 0 Å². The topological polar surface area (TPSA) is 21.3 Å². The van der Waals surface area contributed by atoms with Gasteiger partial charge in [0.2, 0.25) is 0 Å². The number of halogens is 3. The zero-order valence-corrected chi connectivity index (χ0v) is 13.2. The SMILES string of the molecule is CCNC(c1cccc(OC(F)F)c1)c1cscc1Br. The normalized spacial score (nSPS) is 12.7. The fourth-order valence-electron chi connectivity index (χ4n) is 1.98. The molecular formula is C14H14BrF2NOS. The van der Waals surface area contributed by atoms with E-state index in [0.717, 1.165) is 22.1 Å². The van der Waals surface area contributed by atoms with Gasteiger partial charge in [-0.25, -0.2) is 0 Å². The monoisotopic (exact) mass is 361 g/mol. The molecule has 0 aliphatic heterocycles. The molecule has 6 heteroatoms. The molecule has 1 aromatic heterocycles. The first kappa shape index (κ1) is 15.4. The van der Waals surface area contributed by atoms with E-state index in [4.69, 9.17) is 0 Å². The second-order valence-electron chi connectivity index (χ2n) is 4.12. The van der Waals surface area contributed by atoms with Crippen LogP contribution in [0.5, 0.6) is 5.75 Å². The number of rotatable bonds is 6. The standard InChI is InChI=1S/C14H14BrF2NOS/c1-2-18-13(11-7-20-8-12(11)15)9-4-3-5-10(6-9)19-14(16)17/h3-8,13-14,18H,2H2,1H3. The summed E-state index contributed by atoms with van der Waals surface area (Å²) in [5, 5.41) is 7.40. The third-order valence-corrected chi connectivity index (χ3v) is 4.53. The lowest BCUT2D eigenvalue weighted by atomic mass is 10.0. The first-order valence-corrected chi connectivity index (χ1v) is 7.85. The van der Waals surface area contributed by atoms with E-state index in [9.17, 15) is 8.78 Å². The van der Waals surface area contributed by atoms with E-state index >= 15 is 0 Å². The first-order chi connectivity index (χ1) is 9.61. The largest absolute Gasteiger partial charge is 0.435 e. The van der Waals surface area contributed by atoms with Crippen molar-refractivity contribution in [3.63, 3.8) is 0 Å². The zero-order valence-electron chi connectivity index (χ0n) is 10.8. The van der Waals surface area contributed by atoms with Crippen LogP contribution in [0.2, 0.25) is 0 Å². The molecule has 0 radical (unpaired) electrons. The second kappa shape index (κ2) is 7.15.